The molecule has 1 heterocycles. The van der Waals surface area contributed by atoms with Crippen LogP contribution in [0.3, 0.4) is 0 Å². The molecule has 0 unspecified atom stereocenters. The lowest BCUT2D eigenvalue weighted by atomic mass is 10.00. The second-order valence-electron chi connectivity index (χ2n) is 4.76. The lowest BCUT2D eigenvalue weighted by Gasteiger charge is -2.09. The van der Waals surface area contributed by atoms with E-state index in [0.717, 1.165) is 27.8 Å². The van der Waals surface area contributed by atoms with Crippen LogP contribution in [0.2, 0.25) is 5.02 Å². The molecule has 0 aromatic heterocycles. The number of carbonyl (C=O) groups excluding carboxylic acids is 1. The smallest absolute Gasteiger partial charge is 0.167 e. The molecule has 0 radical (unpaired) electrons. The number of hydrogen-bond acceptors (Lipinski definition) is 2. The Morgan fingerprint density at radius 1 is 1.30 bits per heavy atom. The summed E-state index contributed by atoms with van der Waals surface area (Å²) in [6.07, 6.45) is 1.22. The van der Waals surface area contributed by atoms with Crippen LogP contribution in [-0.4, -0.2) is 12.4 Å². The summed E-state index contributed by atoms with van der Waals surface area (Å²) in [7, 11) is 0. The highest BCUT2D eigenvalue weighted by atomic mass is 79.9. The number of halogens is 2. The van der Waals surface area contributed by atoms with Gasteiger partial charge in [0.2, 0.25) is 0 Å². The molecule has 2 nitrogen and oxygen atoms in total. The van der Waals surface area contributed by atoms with E-state index < -0.39 is 0 Å². The highest BCUT2D eigenvalue weighted by Crippen LogP contribution is 2.33. The van der Waals surface area contributed by atoms with Crippen LogP contribution in [0, 0.1) is 0 Å². The van der Waals surface area contributed by atoms with Gasteiger partial charge in [-0.25, -0.2) is 0 Å². The van der Waals surface area contributed by atoms with Crippen molar-refractivity contribution >= 4 is 33.3 Å². The quantitative estimate of drug-likeness (QED) is 0.763. The summed E-state index contributed by atoms with van der Waals surface area (Å²) in [5.74, 6) is 0.909. The Morgan fingerprint density at radius 2 is 2.15 bits per heavy atom. The SMILES string of the molecule is O=C(Cc1cc(Br)cc2c1OCC2)c1cccc(Cl)c1. The second-order valence-corrected chi connectivity index (χ2v) is 6.11. The van der Waals surface area contributed by atoms with E-state index in [1.165, 1.54) is 0 Å². The highest BCUT2D eigenvalue weighted by Gasteiger charge is 2.19. The summed E-state index contributed by atoms with van der Waals surface area (Å²) in [4.78, 5) is 12.3. The number of hydrogen-bond donors (Lipinski definition) is 0. The van der Waals surface area contributed by atoms with Crippen LogP contribution in [0.1, 0.15) is 21.5 Å². The molecule has 2 aromatic rings. The normalized spacial score (nSPS) is 12.9. The fourth-order valence-electron chi connectivity index (χ4n) is 2.41. The van der Waals surface area contributed by atoms with Crippen LogP contribution >= 0.6 is 27.5 Å². The zero-order valence-electron chi connectivity index (χ0n) is 10.7. The van der Waals surface area contributed by atoms with Gasteiger partial charge in [0.25, 0.3) is 0 Å². The van der Waals surface area contributed by atoms with Gasteiger partial charge in [-0.3, -0.25) is 4.79 Å². The maximum Gasteiger partial charge on any atom is 0.167 e. The fourth-order valence-corrected chi connectivity index (χ4v) is 3.16. The predicted octanol–water partition coefficient (Wildman–Crippen LogP) is 4.46. The number of rotatable bonds is 3. The first kappa shape index (κ1) is 13.7. The topological polar surface area (TPSA) is 26.3 Å². The van der Waals surface area contributed by atoms with Crippen molar-refractivity contribution in [1.82, 2.24) is 0 Å². The van der Waals surface area contributed by atoms with Crippen molar-refractivity contribution in [3.05, 3.63) is 62.6 Å². The average Bonchev–Trinajstić information content (AvgIpc) is 2.86. The van der Waals surface area contributed by atoms with Gasteiger partial charge in [0.15, 0.2) is 5.78 Å². The van der Waals surface area contributed by atoms with Crippen LogP contribution < -0.4 is 4.74 Å². The maximum absolute atomic E-state index is 12.3. The van der Waals surface area contributed by atoms with Gasteiger partial charge in [0, 0.05) is 33.5 Å². The molecule has 0 spiro atoms. The van der Waals surface area contributed by atoms with E-state index in [0.29, 0.717) is 23.6 Å². The minimum atomic E-state index is 0.0447. The van der Waals surface area contributed by atoms with Crippen molar-refractivity contribution in [2.75, 3.05) is 6.61 Å². The van der Waals surface area contributed by atoms with Crippen molar-refractivity contribution in [3.8, 4) is 5.75 Å². The average molecular weight is 352 g/mol. The van der Waals surface area contributed by atoms with Gasteiger partial charge >= 0.3 is 0 Å². The Kier molecular flexibility index (Phi) is 3.81. The van der Waals surface area contributed by atoms with Crippen molar-refractivity contribution < 1.29 is 9.53 Å². The van der Waals surface area contributed by atoms with Gasteiger partial charge in [-0.15, -0.1) is 0 Å². The zero-order chi connectivity index (χ0) is 14.1. The lowest BCUT2D eigenvalue weighted by molar-refractivity contribution is 0.0992. The van der Waals surface area contributed by atoms with E-state index in [4.69, 9.17) is 16.3 Å². The summed E-state index contributed by atoms with van der Waals surface area (Å²) in [6.45, 7) is 0.685. The Labute approximate surface area is 130 Å². The Balaban J connectivity index is 1.90. The number of carbonyl (C=O) groups is 1. The van der Waals surface area contributed by atoms with Crippen LogP contribution in [-0.2, 0) is 12.8 Å². The molecule has 20 heavy (non-hydrogen) atoms. The Hall–Kier alpha value is -1.32. The molecule has 0 aliphatic carbocycles. The van der Waals surface area contributed by atoms with Gasteiger partial charge in [0.05, 0.1) is 6.61 Å². The molecule has 102 valence electrons. The third-order valence-corrected chi connectivity index (χ3v) is 4.02. The lowest BCUT2D eigenvalue weighted by Crippen LogP contribution is -2.05. The molecular formula is C16H12BrClO2. The molecule has 4 heteroatoms. The first-order valence-corrected chi connectivity index (χ1v) is 7.53. The molecule has 0 saturated heterocycles. The predicted molar refractivity (Wildman–Crippen MR) is 82.8 cm³/mol. The molecule has 1 aliphatic heterocycles. The molecule has 0 bridgehead atoms. The van der Waals surface area contributed by atoms with Crippen LogP contribution in [0.25, 0.3) is 0 Å². The number of Topliss-reactive ketones (excluding diaryl/α,β-unsaturated/α-hetero) is 1. The third-order valence-electron chi connectivity index (χ3n) is 3.32. The van der Waals surface area contributed by atoms with E-state index in [1.807, 2.05) is 6.07 Å². The summed E-state index contributed by atoms with van der Waals surface area (Å²) in [6, 6.07) is 11.0. The third kappa shape index (κ3) is 2.74. The van der Waals surface area contributed by atoms with E-state index in [9.17, 15) is 4.79 Å². The summed E-state index contributed by atoms with van der Waals surface area (Å²) < 4.78 is 6.63. The van der Waals surface area contributed by atoms with E-state index in [-0.39, 0.29) is 5.78 Å². The van der Waals surface area contributed by atoms with Crippen molar-refractivity contribution in [2.24, 2.45) is 0 Å². The molecular weight excluding hydrogens is 340 g/mol. The molecule has 0 saturated carbocycles. The second kappa shape index (κ2) is 5.58. The van der Waals surface area contributed by atoms with E-state index in [1.54, 1.807) is 24.3 Å². The zero-order valence-corrected chi connectivity index (χ0v) is 13.0. The number of fused-ring (bicyclic) bond motifs is 1. The van der Waals surface area contributed by atoms with Gasteiger partial charge in [-0.05, 0) is 29.8 Å². The summed E-state index contributed by atoms with van der Waals surface area (Å²) in [5, 5.41) is 0.576. The maximum atomic E-state index is 12.3. The van der Waals surface area contributed by atoms with E-state index in [2.05, 4.69) is 22.0 Å². The minimum Gasteiger partial charge on any atom is -0.493 e. The molecule has 0 fully saturated rings. The van der Waals surface area contributed by atoms with Crippen LogP contribution in [0.15, 0.2) is 40.9 Å². The standard InChI is InChI=1S/C16H12BrClO2/c17-13-6-11-4-5-20-16(11)12(7-13)9-15(19)10-2-1-3-14(18)8-10/h1-3,6-8H,4-5,9H2. The van der Waals surface area contributed by atoms with E-state index >= 15 is 0 Å². The van der Waals surface area contributed by atoms with Gasteiger partial charge < -0.3 is 4.74 Å². The highest BCUT2D eigenvalue weighted by molar-refractivity contribution is 9.10. The number of ketones is 1. The minimum absolute atomic E-state index is 0.0447. The Morgan fingerprint density at radius 3 is 2.95 bits per heavy atom. The monoisotopic (exact) mass is 350 g/mol. The first-order chi connectivity index (χ1) is 9.63. The molecule has 1 aliphatic rings. The molecule has 0 atom stereocenters. The fraction of sp³-hybridized carbons (Fsp3) is 0.188. The van der Waals surface area contributed by atoms with Gasteiger partial charge in [-0.2, -0.15) is 0 Å². The van der Waals surface area contributed by atoms with Gasteiger partial charge in [0.1, 0.15) is 5.75 Å². The van der Waals surface area contributed by atoms with Crippen molar-refractivity contribution in [2.45, 2.75) is 12.8 Å². The van der Waals surface area contributed by atoms with Crippen LogP contribution in [0.5, 0.6) is 5.75 Å². The molecule has 0 amide bonds. The Bertz CT molecular complexity index is 682. The molecule has 0 N–H and O–H groups in total. The molecule has 3 rings (SSSR count). The van der Waals surface area contributed by atoms with Crippen molar-refractivity contribution in [3.63, 3.8) is 0 Å². The van der Waals surface area contributed by atoms with Gasteiger partial charge in [-0.1, -0.05) is 39.7 Å². The number of ether oxygens (including phenoxy) is 1. The largest absolute Gasteiger partial charge is 0.493 e. The number of benzene rings is 2. The van der Waals surface area contributed by atoms with Crippen molar-refractivity contribution in [1.29, 1.82) is 0 Å². The first-order valence-electron chi connectivity index (χ1n) is 6.36. The summed E-state index contributed by atoms with van der Waals surface area (Å²) in [5.41, 5.74) is 2.72. The summed E-state index contributed by atoms with van der Waals surface area (Å²) >= 11 is 9.41. The molecule has 2 aromatic carbocycles. The van der Waals surface area contributed by atoms with Crippen LogP contribution in [0.4, 0.5) is 0 Å².